The molecule has 1 heterocycles. The number of hydrogen-bond donors (Lipinski definition) is 1. The normalized spacial score (nSPS) is 27.2. The van der Waals surface area contributed by atoms with Gasteiger partial charge in [0.05, 0.1) is 5.69 Å². The largest absolute Gasteiger partial charge is 0.474 e. The van der Waals surface area contributed by atoms with Gasteiger partial charge in [-0.1, -0.05) is 13.0 Å². The van der Waals surface area contributed by atoms with Crippen LogP contribution in [0.15, 0.2) is 18.2 Å². The molecular formula is C16H24N2O. The van der Waals surface area contributed by atoms with Crippen LogP contribution in [0.4, 0.5) is 0 Å². The van der Waals surface area contributed by atoms with E-state index < -0.39 is 0 Å². The Morgan fingerprint density at radius 1 is 1.16 bits per heavy atom. The molecule has 2 aliphatic rings. The fraction of sp³-hybridized carbons (Fsp3) is 0.688. The number of ether oxygens (including phenoxy) is 1. The average Bonchev–Trinajstić information content (AvgIpc) is 3.24. The first-order valence-electron chi connectivity index (χ1n) is 7.65. The van der Waals surface area contributed by atoms with Crippen LogP contribution >= 0.6 is 0 Å². The van der Waals surface area contributed by atoms with Gasteiger partial charge in [-0.15, -0.1) is 0 Å². The molecule has 0 aromatic carbocycles. The maximum absolute atomic E-state index is 6.03. The summed E-state index contributed by atoms with van der Waals surface area (Å²) in [7, 11) is 0. The van der Waals surface area contributed by atoms with Gasteiger partial charge in [-0.3, -0.25) is 0 Å². The van der Waals surface area contributed by atoms with E-state index in [0.717, 1.165) is 30.1 Å². The van der Waals surface area contributed by atoms with Gasteiger partial charge >= 0.3 is 0 Å². The van der Waals surface area contributed by atoms with E-state index in [1.165, 1.54) is 38.5 Å². The van der Waals surface area contributed by atoms with Crippen LogP contribution < -0.4 is 10.1 Å². The summed E-state index contributed by atoms with van der Waals surface area (Å²) in [4.78, 5) is 4.60. The van der Waals surface area contributed by atoms with Gasteiger partial charge in [0.2, 0.25) is 5.88 Å². The number of nitrogens with zero attached hydrogens (tertiary/aromatic N) is 1. The first-order chi connectivity index (χ1) is 9.29. The molecule has 0 bridgehead atoms. The van der Waals surface area contributed by atoms with Crippen molar-refractivity contribution in [1.29, 1.82) is 0 Å². The van der Waals surface area contributed by atoms with Gasteiger partial charge in [-0.2, -0.15) is 0 Å². The molecule has 3 nitrogen and oxygen atoms in total. The summed E-state index contributed by atoms with van der Waals surface area (Å²) in [5.41, 5.74) is 1.09. The van der Waals surface area contributed by atoms with Crippen molar-refractivity contribution in [2.24, 2.45) is 5.92 Å². The monoisotopic (exact) mass is 260 g/mol. The molecule has 2 saturated carbocycles. The Hall–Kier alpha value is -1.09. The average molecular weight is 260 g/mol. The van der Waals surface area contributed by atoms with E-state index in [2.05, 4.69) is 29.4 Å². The zero-order valence-corrected chi connectivity index (χ0v) is 11.8. The first-order valence-corrected chi connectivity index (χ1v) is 7.65. The van der Waals surface area contributed by atoms with Crippen molar-refractivity contribution in [3.63, 3.8) is 0 Å². The molecular weight excluding hydrogens is 236 g/mol. The van der Waals surface area contributed by atoms with E-state index in [9.17, 15) is 0 Å². The second kappa shape index (κ2) is 5.91. The van der Waals surface area contributed by atoms with Gasteiger partial charge in [0, 0.05) is 18.7 Å². The molecule has 3 heteroatoms. The molecule has 0 spiro atoms. The smallest absolute Gasteiger partial charge is 0.213 e. The minimum absolute atomic E-state index is 0.371. The Labute approximate surface area is 115 Å². The zero-order valence-electron chi connectivity index (χ0n) is 11.8. The minimum Gasteiger partial charge on any atom is -0.474 e. The second-order valence-electron chi connectivity index (χ2n) is 6.12. The van der Waals surface area contributed by atoms with Crippen LogP contribution in [-0.4, -0.2) is 17.1 Å². The van der Waals surface area contributed by atoms with Crippen molar-refractivity contribution in [1.82, 2.24) is 10.3 Å². The predicted molar refractivity (Wildman–Crippen MR) is 76.1 cm³/mol. The van der Waals surface area contributed by atoms with Gasteiger partial charge in [0.1, 0.15) is 6.10 Å². The molecule has 3 rings (SSSR count). The Morgan fingerprint density at radius 2 is 1.95 bits per heavy atom. The third-order valence-electron chi connectivity index (χ3n) is 4.18. The predicted octanol–water partition coefficient (Wildman–Crippen LogP) is 3.29. The van der Waals surface area contributed by atoms with Crippen molar-refractivity contribution < 1.29 is 4.74 Å². The van der Waals surface area contributed by atoms with E-state index >= 15 is 0 Å². The Kier molecular flexibility index (Phi) is 4.02. The lowest BCUT2D eigenvalue weighted by Gasteiger charge is -2.26. The van der Waals surface area contributed by atoms with E-state index in [1.54, 1.807) is 0 Å². The van der Waals surface area contributed by atoms with Crippen molar-refractivity contribution in [2.45, 2.75) is 64.1 Å². The summed E-state index contributed by atoms with van der Waals surface area (Å²) in [5, 5.41) is 3.49. The molecule has 0 unspecified atom stereocenters. The third kappa shape index (κ3) is 3.93. The zero-order chi connectivity index (χ0) is 13.1. The molecule has 1 aromatic rings. The molecule has 104 valence electrons. The summed E-state index contributed by atoms with van der Waals surface area (Å²) < 4.78 is 6.03. The van der Waals surface area contributed by atoms with E-state index in [0.29, 0.717) is 6.10 Å². The van der Waals surface area contributed by atoms with Crippen LogP contribution in [0.25, 0.3) is 0 Å². The number of pyridine rings is 1. The molecule has 0 radical (unpaired) electrons. The summed E-state index contributed by atoms with van der Waals surface area (Å²) in [6.45, 7) is 3.20. The Morgan fingerprint density at radius 3 is 2.68 bits per heavy atom. The van der Waals surface area contributed by atoms with Crippen molar-refractivity contribution in [3.8, 4) is 5.88 Å². The molecule has 2 aliphatic carbocycles. The molecule has 0 saturated heterocycles. The number of aromatic nitrogens is 1. The van der Waals surface area contributed by atoms with Gasteiger partial charge in [-0.05, 0) is 50.5 Å². The number of rotatable bonds is 5. The van der Waals surface area contributed by atoms with Gasteiger partial charge in [0.25, 0.3) is 0 Å². The highest BCUT2D eigenvalue weighted by Gasteiger charge is 2.21. The van der Waals surface area contributed by atoms with E-state index in [4.69, 9.17) is 4.74 Å². The maximum Gasteiger partial charge on any atom is 0.213 e. The second-order valence-corrected chi connectivity index (χ2v) is 6.12. The summed E-state index contributed by atoms with van der Waals surface area (Å²) >= 11 is 0. The molecule has 1 aromatic heterocycles. The number of nitrogens with one attached hydrogen (secondary N) is 1. The lowest BCUT2D eigenvalue weighted by atomic mass is 9.89. The topological polar surface area (TPSA) is 34.1 Å². The van der Waals surface area contributed by atoms with E-state index in [1.807, 2.05) is 6.07 Å². The molecule has 2 fully saturated rings. The Balaban J connectivity index is 1.53. The van der Waals surface area contributed by atoms with Crippen LogP contribution in [-0.2, 0) is 6.54 Å². The lowest BCUT2D eigenvalue weighted by Crippen LogP contribution is -2.23. The summed E-state index contributed by atoms with van der Waals surface area (Å²) in [5.74, 6) is 1.66. The molecule has 19 heavy (non-hydrogen) atoms. The number of hydrogen-bond acceptors (Lipinski definition) is 3. The molecule has 1 N–H and O–H groups in total. The maximum atomic E-state index is 6.03. The van der Waals surface area contributed by atoms with Crippen molar-refractivity contribution >= 4 is 0 Å². The summed E-state index contributed by atoms with van der Waals surface area (Å²) in [6, 6.07) is 6.84. The third-order valence-corrected chi connectivity index (χ3v) is 4.18. The van der Waals surface area contributed by atoms with Crippen LogP contribution in [0.2, 0.25) is 0 Å². The minimum atomic E-state index is 0.371. The molecule has 0 atom stereocenters. The van der Waals surface area contributed by atoms with Gasteiger partial charge < -0.3 is 10.1 Å². The molecule has 0 amide bonds. The van der Waals surface area contributed by atoms with Crippen molar-refractivity contribution in [3.05, 3.63) is 23.9 Å². The van der Waals surface area contributed by atoms with Gasteiger partial charge in [0.15, 0.2) is 0 Å². The van der Waals surface area contributed by atoms with E-state index in [-0.39, 0.29) is 0 Å². The Bertz CT molecular complexity index is 409. The SMILES string of the molecule is CC1CCC(Oc2cccc(CNC3CC3)n2)CC1. The van der Waals surface area contributed by atoms with Gasteiger partial charge in [-0.25, -0.2) is 4.98 Å². The highest BCUT2D eigenvalue weighted by Crippen LogP contribution is 2.26. The summed E-state index contributed by atoms with van der Waals surface area (Å²) in [6.07, 6.45) is 7.92. The highest BCUT2D eigenvalue weighted by atomic mass is 16.5. The first kappa shape index (κ1) is 12.9. The van der Waals surface area contributed by atoms with Crippen LogP contribution in [0.1, 0.15) is 51.1 Å². The van der Waals surface area contributed by atoms with Crippen molar-refractivity contribution in [2.75, 3.05) is 0 Å². The fourth-order valence-electron chi connectivity index (χ4n) is 2.68. The lowest BCUT2D eigenvalue weighted by molar-refractivity contribution is 0.130. The van der Waals surface area contributed by atoms with Crippen LogP contribution in [0.3, 0.4) is 0 Å². The standard InChI is InChI=1S/C16H24N2O/c1-12-5-9-15(10-6-12)19-16-4-2-3-14(18-16)11-17-13-7-8-13/h2-4,12-13,15,17H,5-11H2,1H3. The highest BCUT2D eigenvalue weighted by molar-refractivity contribution is 5.16. The van der Waals surface area contributed by atoms with Crippen LogP contribution in [0.5, 0.6) is 5.88 Å². The fourth-order valence-corrected chi connectivity index (χ4v) is 2.68. The van der Waals surface area contributed by atoms with Crippen LogP contribution in [0, 0.1) is 5.92 Å². The quantitative estimate of drug-likeness (QED) is 0.882. The molecule has 0 aliphatic heterocycles.